The lowest BCUT2D eigenvalue weighted by Gasteiger charge is -2.09. The fourth-order valence-corrected chi connectivity index (χ4v) is 2.10. The summed E-state index contributed by atoms with van der Waals surface area (Å²) in [5.41, 5.74) is 1.58. The highest BCUT2D eigenvalue weighted by atomic mass is 19.1. The molecule has 0 radical (unpaired) electrons. The van der Waals surface area contributed by atoms with E-state index in [0.717, 1.165) is 0 Å². The molecule has 0 aromatic heterocycles. The van der Waals surface area contributed by atoms with Crippen molar-refractivity contribution in [2.45, 2.75) is 13.3 Å². The van der Waals surface area contributed by atoms with Crippen molar-refractivity contribution in [1.29, 1.82) is 5.26 Å². The fourth-order valence-electron chi connectivity index (χ4n) is 2.10. The number of rotatable bonds is 6. The number of hydrogen-bond acceptors (Lipinski definition) is 5. The lowest BCUT2D eigenvalue weighted by atomic mass is 10.2. The Morgan fingerprint density at radius 3 is 2.44 bits per heavy atom. The van der Waals surface area contributed by atoms with Crippen molar-refractivity contribution >= 4 is 29.2 Å². The number of carbonyl (C=O) groups is 3. The third-order valence-electron chi connectivity index (χ3n) is 3.45. The topological polar surface area (TPSA) is 108 Å². The number of nitrogens with zero attached hydrogens (tertiary/aromatic N) is 1. The van der Waals surface area contributed by atoms with Gasteiger partial charge < -0.3 is 15.4 Å². The molecule has 2 aromatic carbocycles. The lowest BCUT2D eigenvalue weighted by Crippen LogP contribution is -2.21. The van der Waals surface area contributed by atoms with E-state index in [1.165, 1.54) is 42.5 Å². The van der Waals surface area contributed by atoms with Crippen molar-refractivity contribution in [1.82, 2.24) is 0 Å². The lowest BCUT2D eigenvalue weighted by molar-refractivity contribution is -0.119. The Kier molecular flexibility index (Phi) is 6.61. The molecule has 2 rings (SSSR count). The van der Waals surface area contributed by atoms with Crippen LogP contribution in [-0.2, 0) is 14.3 Å². The molecule has 8 heteroatoms. The van der Waals surface area contributed by atoms with Gasteiger partial charge in [-0.15, -0.1) is 0 Å². The number of anilines is 2. The van der Waals surface area contributed by atoms with E-state index in [1.807, 2.05) is 0 Å². The summed E-state index contributed by atoms with van der Waals surface area (Å²) in [6, 6.07) is 11.5. The van der Waals surface area contributed by atoms with E-state index in [4.69, 9.17) is 10.00 Å². The summed E-state index contributed by atoms with van der Waals surface area (Å²) in [5.74, 6) is -2.28. The van der Waals surface area contributed by atoms with Crippen LogP contribution in [0.15, 0.2) is 42.5 Å². The number of benzene rings is 2. The van der Waals surface area contributed by atoms with E-state index in [0.29, 0.717) is 16.9 Å². The number of ether oxygens (including phenoxy) is 1. The van der Waals surface area contributed by atoms with E-state index in [-0.39, 0.29) is 12.0 Å². The highest BCUT2D eigenvalue weighted by molar-refractivity contribution is 5.96. The van der Waals surface area contributed by atoms with Crippen molar-refractivity contribution in [2.24, 2.45) is 0 Å². The summed E-state index contributed by atoms with van der Waals surface area (Å²) >= 11 is 0. The molecule has 2 aromatic rings. The van der Waals surface area contributed by atoms with Gasteiger partial charge >= 0.3 is 5.97 Å². The number of amides is 2. The SMILES string of the molecule is Cc1ccc(F)cc1NC(=O)COC(=O)c1ccc(NC(=O)CC#N)cc1. The third kappa shape index (κ3) is 5.93. The predicted molar refractivity (Wildman–Crippen MR) is 95.4 cm³/mol. The van der Waals surface area contributed by atoms with Crippen LogP contribution < -0.4 is 10.6 Å². The van der Waals surface area contributed by atoms with Crippen molar-refractivity contribution in [3.05, 3.63) is 59.4 Å². The number of nitrogens with one attached hydrogen (secondary N) is 2. The number of halogens is 1. The number of nitriles is 1. The van der Waals surface area contributed by atoms with E-state index in [2.05, 4.69) is 10.6 Å². The minimum Gasteiger partial charge on any atom is -0.452 e. The maximum Gasteiger partial charge on any atom is 0.338 e. The smallest absolute Gasteiger partial charge is 0.338 e. The minimum absolute atomic E-state index is 0.183. The highest BCUT2D eigenvalue weighted by Crippen LogP contribution is 2.16. The second-order valence-corrected chi connectivity index (χ2v) is 5.54. The Morgan fingerprint density at radius 2 is 1.78 bits per heavy atom. The fraction of sp³-hybridized carbons (Fsp3) is 0.158. The van der Waals surface area contributed by atoms with Gasteiger partial charge in [0.2, 0.25) is 5.91 Å². The van der Waals surface area contributed by atoms with E-state index in [1.54, 1.807) is 13.0 Å². The maximum atomic E-state index is 13.2. The van der Waals surface area contributed by atoms with Gasteiger partial charge in [-0.3, -0.25) is 9.59 Å². The molecule has 27 heavy (non-hydrogen) atoms. The average molecular weight is 369 g/mol. The van der Waals surface area contributed by atoms with Crippen molar-refractivity contribution in [3.63, 3.8) is 0 Å². The van der Waals surface area contributed by atoms with Crippen molar-refractivity contribution < 1.29 is 23.5 Å². The molecule has 138 valence electrons. The molecule has 0 saturated heterocycles. The molecule has 0 fully saturated rings. The first-order valence-corrected chi connectivity index (χ1v) is 7.89. The van der Waals surface area contributed by atoms with E-state index < -0.39 is 30.2 Å². The average Bonchev–Trinajstić information content (AvgIpc) is 2.63. The van der Waals surface area contributed by atoms with Gasteiger partial charge in [0.15, 0.2) is 6.61 Å². The maximum absolute atomic E-state index is 13.2. The first-order chi connectivity index (χ1) is 12.9. The van der Waals surface area contributed by atoms with Crippen LogP contribution in [0.4, 0.5) is 15.8 Å². The zero-order chi connectivity index (χ0) is 19.8. The molecule has 0 aliphatic heterocycles. The highest BCUT2D eigenvalue weighted by Gasteiger charge is 2.12. The summed E-state index contributed by atoms with van der Waals surface area (Å²) in [6.45, 7) is 1.17. The number of carbonyl (C=O) groups excluding carboxylic acids is 3. The van der Waals surface area contributed by atoms with Crippen LogP contribution in [0.5, 0.6) is 0 Å². The van der Waals surface area contributed by atoms with Crippen LogP contribution in [0.25, 0.3) is 0 Å². The second kappa shape index (κ2) is 9.10. The molecule has 0 heterocycles. The van der Waals surface area contributed by atoms with Crippen molar-refractivity contribution in [3.8, 4) is 6.07 Å². The van der Waals surface area contributed by atoms with Crippen molar-refractivity contribution in [2.75, 3.05) is 17.2 Å². The Morgan fingerprint density at radius 1 is 1.07 bits per heavy atom. The Hall–Kier alpha value is -3.73. The largest absolute Gasteiger partial charge is 0.452 e. The van der Waals surface area contributed by atoms with Crippen LogP contribution in [-0.4, -0.2) is 24.4 Å². The summed E-state index contributed by atoms with van der Waals surface area (Å²) in [6.07, 6.45) is -0.274. The van der Waals surface area contributed by atoms with Crippen LogP contribution in [0.2, 0.25) is 0 Å². The third-order valence-corrected chi connectivity index (χ3v) is 3.45. The Labute approximate surface area is 154 Å². The Balaban J connectivity index is 1.88. The van der Waals surface area contributed by atoms with Gasteiger partial charge in [0, 0.05) is 11.4 Å². The standard InChI is InChI=1S/C19H16FN3O4/c1-12-2-5-14(20)10-16(12)23-18(25)11-27-19(26)13-3-6-15(7-4-13)22-17(24)8-9-21/h2-7,10H,8,11H2,1H3,(H,22,24)(H,23,25). The van der Waals surface area contributed by atoms with Crippen LogP contribution in [0, 0.1) is 24.1 Å². The molecule has 0 unspecified atom stereocenters. The minimum atomic E-state index is -0.726. The molecule has 0 saturated carbocycles. The number of esters is 1. The second-order valence-electron chi connectivity index (χ2n) is 5.54. The zero-order valence-electron chi connectivity index (χ0n) is 14.4. The van der Waals surface area contributed by atoms with E-state index >= 15 is 0 Å². The normalized spacial score (nSPS) is 9.81. The summed E-state index contributed by atoms with van der Waals surface area (Å²) in [5, 5.41) is 13.4. The molecular weight excluding hydrogens is 353 g/mol. The molecule has 2 amide bonds. The van der Waals surface area contributed by atoms with Gasteiger partial charge in [-0.2, -0.15) is 5.26 Å². The molecule has 2 N–H and O–H groups in total. The molecular formula is C19H16FN3O4. The van der Waals surface area contributed by atoms with Gasteiger partial charge in [0.25, 0.3) is 5.91 Å². The molecule has 0 spiro atoms. The van der Waals surface area contributed by atoms with Crippen LogP contribution >= 0.6 is 0 Å². The zero-order valence-corrected chi connectivity index (χ0v) is 14.4. The first kappa shape index (κ1) is 19.6. The quantitative estimate of drug-likeness (QED) is 0.761. The van der Waals surface area contributed by atoms with Crippen LogP contribution in [0.1, 0.15) is 22.3 Å². The van der Waals surface area contributed by atoms with Gasteiger partial charge in [-0.1, -0.05) is 6.07 Å². The van der Waals surface area contributed by atoms with Gasteiger partial charge in [0.05, 0.1) is 11.6 Å². The molecule has 0 atom stereocenters. The van der Waals surface area contributed by atoms with Crippen LogP contribution in [0.3, 0.4) is 0 Å². The van der Waals surface area contributed by atoms with Gasteiger partial charge in [-0.25, -0.2) is 9.18 Å². The molecule has 0 bridgehead atoms. The monoisotopic (exact) mass is 369 g/mol. The first-order valence-electron chi connectivity index (χ1n) is 7.89. The number of aryl methyl sites for hydroxylation is 1. The molecule has 7 nitrogen and oxygen atoms in total. The summed E-state index contributed by atoms with van der Waals surface area (Å²) in [4.78, 5) is 35.1. The molecule has 0 aliphatic rings. The predicted octanol–water partition coefficient (Wildman–Crippen LogP) is 2.78. The summed E-state index contributed by atoms with van der Waals surface area (Å²) < 4.78 is 18.1. The summed E-state index contributed by atoms with van der Waals surface area (Å²) in [7, 11) is 0. The van der Waals surface area contributed by atoms with Gasteiger partial charge in [0.1, 0.15) is 12.2 Å². The van der Waals surface area contributed by atoms with Gasteiger partial charge in [-0.05, 0) is 48.9 Å². The molecule has 0 aliphatic carbocycles. The number of hydrogen-bond donors (Lipinski definition) is 2. The Bertz CT molecular complexity index is 904. The van der Waals surface area contributed by atoms with E-state index in [9.17, 15) is 18.8 Å².